The molecule has 0 aromatic heterocycles. The van der Waals surface area contributed by atoms with Gasteiger partial charge in [-0.25, -0.2) is 4.79 Å². The third-order valence-corrected chi connectivity index (χ3v) is 2.57. The fourth-order valence-electron chi connectivity index (χ4n) is 1.37. The standard InChI is InChI=1S/C10H18N2O4/c1-7(9(14)15)6-11-10(16)12(4-5-13)8-2-3-8/h7-8,13H,2-6H2,1H3,(H,11,16)(H,14,15). The van der Waals surface area contributed by atoms with Crippen LogP contribution in [0.25, 0.3) is 0 Å². The van der Waals surface area contributed by atoms with Crippen molar-refractivity contribution in [3.8, 4) is 0 Å². The molecule has 3 N–H and O–H groups in total. The third-order valence-electron chi connectivity index (χ3n) is 2.57. The number of aliphatic carboxylic acids is 1. The zero-order valence-electron chi connectivity index (χ0n) is 9.35. The Hall–Kier alpha value is -1.30. The van der Waals surface area contributed by atoms with Crippen molar-refractivity contribution in [2.45, 2.75) is 25.8 Å². The monoisotopic (exact) mass is 230 g/mol. The summed E-state index contributed by atoms with van der Waals surface area (Å²) in [6, 6.07) is -0.0723. The van der Waals surface area contributed by atoms with Crippen molar-refractivity contribution in [1.29, 1.82) is 0 Å². The normalized spacial score (nSPS) is 16.6. The Bertz CT molecular complexity index is 266. The molecule has 0 radical (unpaired) electrons. The van der Waals surface area contributed by atoms with Gasteiger partial charge in [0, 0.05) is 19.1 Å². The van der Waals surface area contributed by atoms with Gasteiger partial charge in [0.25, 0.3) is 0 Å². The highest BCUT2D eigenvalue weighted by molar-refractivity contribution is 5.76. The first-order valence-electron chi connectivity index (χ1n) is 5.44. The highest BCUT2D eigenvalue weighted by Crippen LogP contribution is 2.26. The van der Waals surface area contributed by atoms with Gasteiger partial charge in [-0.15, -0.1) is 0 Å². The van der Waals surface area contributed by atoms with Gasteiger partial charge in [0.05, 0.1) is 12.5 Å². The minimum absolute atomic E-state index is 0.0710. The Labute approximate surface area is 94.2 Å². The summed E-state index contributed by atoms with van der Waals surface area (Å²) in [6.45, 7) is 1.88. The predicted octanol–water partition coefficient (Wildman–Crippen LogP) is -0.127. The summed E-state index contributed by atoms with van der Waals surface area (Å²) < 4.78 is 0. The van der Waals surface area contributed by atoms with E-state index < -0.39 is 11.9 Å². The molecule has 6 nitrogen and oxygen atoms in total. The average Bonchev–Trinajstić information content (AvgIpc) is 3.05. The Morgan fingerprint density at radius 3 is 2.56 bits per heavy atom. The van der Waals surface area contributed by atoms with Crippen LogP contribution in [0.1, 0.15) is 19.8 Å². The number of aliphatic hydroxyl groups is 1. The molecule has 1 saturated carbocycles. The van der Waals surface area contributed by atoms with Crippen molar-refractivity contribution < 1.29 is 19.8 Å². The number of carbonyl (C=O) groups is 2. The summed E-state index contributed by atoms with van der Waals surface area (Å²) in [5, 5.41) is 20.0. The lowest BCUT2D eigenvalue weighted by atomic mass is 10.2. The SMILES string of the molecule is CC(CNC(=O)N(CCO)C1CC1)C(=O)O. The predicted molar refractivity (Wildman–Crippen MR) is 57.0 cm³/mol. The van der Waals surface area contributed by atoms with Crippen molar-refractivity contribution in [2.75, 3.05) is 19.7 Å². The number of carboxylic acids is 1. The number of nitrogens with one attached hydrogen (secondary N) is 1. The molecule has 1 aliphatic rings. The molecule has 6 heteroatoms. The second-order valence-electron chi connectivity index (χ2n) is 4.07. The molecular weight excluding hydrogens is 212 g/mol. The van der Waals surface area contributed by atoms with Crippen LogP contribution in [-0.4, -0.2) is 52.9 Å². The summed E-state index contributed by atoms with van der Waals surface area (Å²) in [4.78, 5) is 23.8. The maximum absolute atomic E-state index is 11.7. The number of hydrogen-bond donors (Lipinski definition) is 3. The Morgan fingerprint density at radius 1 is 1.50 bits per heavy atom. The van der Waals surface area contributed by atoms with Crippen LogP contribution < -0.4 is 5.32 Å². The maximum atomic E-state index is 11.7. The Morgan fingerprint density at radius 2 is 2.12 bits per heavy atom. The van der Waals surface area contributed by atoms with Gasteiger partial charge in [0.1, 0.15) is 0 Å². The molecule has 92 valence electrons. The van der Waals surface area contributed by atoms with Gasteiger partial charge in [0.2, 0.25) is 0 Å². The van der Waals surface area contributed by atoms with Gasteiger partial charge >= 0.3 is 12.0 Å². The molecule has 0 saturated heterocycles. The number of amides is 2. The van der Waals surface area contributed by atoms with Crippen molar-refractivity contribution in [2.24, 2.45) is 5.92 Å². The number of rotatable bonds is 6. The smallest absolute Gasteiger partial charge is 0.317 e. The molecule has 1 atom stereocenters. The van der Waals surface area contributed by atoms with Crippen LogP contribution in [-0.2, 0) is 4.79 Å². The molecule has 2 amide bonds. The molecule has 1 unspecified atom stereocenters. The van der Waals surface area contributed by atoms with E-state index in [-0.39, 0.29) is 25.2 Å². The van der Waals surface area contributed by atoms with E-state index in [2.05, 4.69) is 5.32 Å². The number of aliphatic hydroxyl groups excluding tert-OH is 1. The van der Waals surface area contributed by atoms with Gasteiger partial charge < -0.3 is 20.4 Å². The van der Waals surface area contributed by atoms with Crippen molar-refractivity contribution in [3.05, 3.63) is 0 Å². The minimum atomic E-state index is -0.930. The quantitative estimate of drug-likeness (QED) is 0.593. The minimum Gasteiger partial charge on any atom is -0.481 e. The number of carbonyl (C=O) groups excluding carboxylic acids is 1. The van der Waals surface area contributed by atoms with Gasteiger partial charge in [-0.2, -0.15) is 0 Å². The zero-order chi connectivity index (χ0) is 12.1. The van der Waals surface area contributed by atoms with Gasteiger partial charge in [-0.3, -0.25) is 4.79 Å². The highest BCUT2D eigenvalue weighted by Gasteiger charge is 2.32. The van der Waals surface area contributed by atoms with Crippen LogP contribution in [0.2, 0.25) is 0 Å². The number of hydrogen-bond acceptors (Lipinski definition) is 3. The van der Waals surface area contributed by atoms with E-state index in [9.17, 15) is 9.59 Å². The van der Waals surface area contributed by atoms with Gasteiger partial charge in [-0.05, 0) is 12.8 Å². The second kappa shape index (κ2) is 5.69. The van der Waals surface area contributed by atoms with E-state index >= 15 is 0 Å². The van der Waals surface area contributed by atoms with E-state index in [1.165, 1.54) is 6.92 Å². The molecule has 1 rings (SSSR count). The highest BCUT2D eigenvalue weighted by atomic mass is 16.4. The van der Waals surface area contributed by atoms with Gasteiger partial charge in [0.15, 0.2) is 0 Å². The first-order chi connectivity index (χ1) is 7.56. The van der Waals surface area contributed by atoms with Crippen molar-refractivity contribution in [3.63, 3.8) is 0 Å². The Balaban J connectivity index is 2.34. The zero-order valence-corrected chi connectivity index (χ0v) is 9.35. The first kappa shape index (κ1) is 12.8. The fourth-order valence-corrected chi connectivity index (χ4v) is 1.37. The van der Waals surface area contributed by atoms with Crippen LogP contribution in [0, 0.1) is 5.92 Å². The van der Waals surface area contributed by atoms with Crippen LogP contribution in [0.3, 0.4) is 0 Å². The summed E-state index contributed by atoms with van der Waals surface area (Å²) in [6.07, 6.45) is 1.92. The van der Waals surface area contributed by atoms with Crippen LogP contribution >= 0.6 is 0 Å². The fraction of sp³-hybridized carbons (Fsp3) is 0.800. The van der Waals surface area contributed by atoms with Crippen LogP contribution in [0.5, 0.6) is 0 Å². The van der Waals surface area contributed by atoms with E-state index in [1.54, 1.807) is 4.90 Å². The van der Waals surface area contributed by atoms with E-state index in [4.69, 9.17) is 10.2 Å². The number of urea groups is 1. The molecule has 0 spiro atoms. The van der Waals surface area contributed by atoms with Gasteiger partial charge in [-0.1, -0.05) is 6.92 Å². The molecule has 0 aromatic rings. The molecule has 16 heavy (non-hydrogen) atoms. The molecule has 0 heterocycles. The number of carboxylic acid groups (broad SMARTS) is 1. The van der Waals surface area contributed by atoms with E-state index in [0.717, 1.165) is 12.8 Å². The number of nitrogens with zero attached hydrogens (tertiary/aromatic N) is 1. The second-order valence-corrected chi connectivity index (χ2v) is 4.07. The first-order valence-corrected chi connectivity index (χ1v) is 5.44. The topological polar surface area (TPSA) is 89.9 Å². The van der Waals surface area contributed by atoms with E-state index in [0.29, 0.717) is 6.54 Å². The molecule has 1 aliphatic carbocycles. The maximum Gasteiger partial charge on any atom is 0.317 e. The molecule has 1 fully saturated rings. The molecule has 0 aromatic carbocycles. The Kier molecular flexibility index (Phi) is 4.54. The lowest BCUT2D eigenvalue weighted by Crippen LogP contribution is -2.44. The van der Waals surface area contributed by atoms with Crippen molar-refractivity contribution >= 4 is 12.0 Å². The van der Waals surface area contributed by atoms with Crippen molar-refractivity contribution in [1.82, 2.24) is 10.2 Å². The largest absolute Gasteiger partial charge is 0.481 e. The summed E-state index contributed by atoms with van der Waals surface area (Å²) >= 11 is 0. The van der Waals surface area contributed by atoms with E-state index in [1.807, 2.05) is 0 Å². The third kappa shape index (κ3) is 3.69. The van der Waals surface area contributed by atoms with Crippen LogP contribution in [0.4, 0.5) is 4.79 Å². The summed E-state index contributed by atoms with van der Waals surface area (Å²) in [7, 11) is 0. The van der Waals surface area contributed by atoms with Crippen LogP contribution in [0.15, 0.2) is 0 Å². The summed E-state index contributed by atoms with van der Waals surface area (Å²) in [5.74, 6) is -1.53. The molecule has 0 aliphatic heterocycles. The lowest BCUT2D eigenvalue weighted by Gasteiger charge is -2.22. The molecular formula is C10H18N2O4. The molecule has 0 bridgehead atoms. The summed E-state index contributed by atoms with van der Waals surface area (Å²) in [5.41, 5.74) is 0. The average molecular weight is 230 g/mol. The lowest BCUT2D eigenvalue weighted by molar-refractivity contribution is -0.140.